The number of hydrogen-bond acceptors (Lipinski definition) is 2. The highest BCUT2D eigenvalue weighted by Crippen LogP contribution is 2.44. The normalized spacial score (nSPS) is 22.7. The monoisotopic (exact) mass is 439 g/mol. The number of aromatic nitrogens is 2. The van der Waals surface area contributed by atoms with Crippen LogP contribution in [-0.2, 0) is 21.2 Å². The summed E-state index contributed by atoms with van der Waals surface area (Å²) in [6.45, 7) is 3.09. The van der Waals surface area contributed by atoms with Crippen LogP contribution in [0.5, 0.6) is 0 Å². The molecule has 5 rings (SSSR count). The Hall–Kier alpha value is -2.81. The van der Waals surface area contributed by atoms with Crippen LogP contribution in [0.3, 0.4) is 0 Å². The lowest BCUT2D eigenvalue weighted by molar-refractivity contribution is 0.221. The fraction of sp³-hybridized carbons (Fsp3) is 0.261. The van der Waals surface area contributed by atoms with E-state index < -0.39 is 10.6 Å². The molecule has 1 unspecified atom stereocenters. The molecule has 2 heterocycles. The third kappa shape index (κ3) is 3.71. The smallest absolute Gasteiger partial charge is 0.233 e. The molecule has 0 bridgehead atoms. The van der Waals surface area contributed by atoms with Crippen LogP contribution in [0.2, 0.25) is 0 Å². The van der Waals surface area contributed by atoms with Gasteiger partial charge in [-0.15, -0.1) is 4.55 Å². The molecule has 2 aliphatic rings. The first-order chi connectivity index (χ1) is 14.8. The molecule has 1 aliphatic heterocycles. The summed E-state index contributed by atoms with van der Waals surface area (Å²) in [5.74, 6) is -0.278. The highest BCUT2D eigenvalue weighted by molar-refractivity contribution is 7.96. The minimum absolute atomic E-state index is 0.258. The van der Waals surface area contributed by atoms with Crippen LogP contribution < -0.4 is 4.72 Å². The maximum absolute atomic E-state index is 13.3. The average Bonchev–Trinajstić information content (AvgIpc) is 3.14. The molecular weight excluding hydrogens is 415 g/mol. The Balaban J connectivity index is 1.41. The van der Waals surface area contributed by atoms with Crippen LogP contribution in [0.15, 0.2) is 66.4 Å². The van der Waals surface area contributed by atoms with Crippen LogP contribution in [-0.4, -0.2) is 31.7 Å². The molecule has 1 fully saturated rings. The van der Waals surface area contributed by atoms with Crippen LogP contribution in [0.1, 0.15) is 24.6 Å². The van der Waals surface area contributed by atoms with E-state index in [4.69, 9.17) is 0 Å². The minimum Gasteiger partial charge on any atom is -0.233 e. The van der Waals surface area contributed by atoms with E-state index in [1.807, 2.05) is 29.1 Å². The molecule has 3 aromatic rings. The molecule has 160 valence electrons. The second-order valence-corrected chi connectivity index (χ2v) is 10.1. The van der Waals surface area contributed by atoms with Gasteiger partial charge in [-0.2, -0.15) is 9.82 Å². The lowest BCUT2D eigenvalue weighted by atomic mass is 9.70. The zero-order chi connectivity index (χ0) is 21.6. The Kier molecular flexibility index (Phi) is 4.80. The van der Waals surface area contributed by atoms with Crippen LogP contribution in [0, 0.1) is 11.2 Å². The predicted octanol–water partition coefficient (Wildman–Crippen LogP) is 4.58. The number of hydrogen-bond donors (Lipinski definition) is 2. The van der Waals surface area contributed by atoms with E-state index in [1.54, 1.807) is 28.6 Å². The quantitative estimate of drug-likeness (QED) is 0.585. The number of benzene rings is 2. The molecule has 8 heteroatoms. The van der Waals surface area contributed by atoms with Crippen LogP contribution in [0.25, 0.3) is 11.8 Å². The van der Waals surface area contributed by atoms with Gasteiger partial charge in [-0.1, -0.05) is 35.0 Å². The van der Waals surface area contributed by atoms with Gasteiger partial charge in [0.05, 0.1) is 36.4 Å². The van der Waals surface area contributed by atoms with Gasteiger partial charge in [-0.25, -0.2) is 9.07 Å². The third-order valence-electron chi connectivity index (χ3n) is 6.15. The lowest BCUT2D eigenvalue weighted by Gasteiger charge is -2.42. The SMILES string of the molecule is C[C@]12Cc3cnn(-c4ccc(F)cc4)c3C=C1CCN([S+](=O)(O)Nc1ccccc1)C2. The summed E-state index contributed by atoms with van der Waals surface area (Å²) in [7, 11) is -3.39. The van der Waals surface area contributed by atoms with Gasteiger partial charge in [0.1, 0.15) is 5.82 Å². The van der Waals surface area contributed by atoms with Crippen molar-refractivity contribution in [1.82, 2.24) is 14.1 Å². The van der Waals surface area contributed by atoms with Gasteiger partial charge in [-0.05, 0) is 65.1 Å². The Labute approximate surface area is 181 Å². The predicted molar refractivity (Wildman–Crippen MR) is 120 cm³/mol. The maximum atomic E-state index is 13.3. The number of nitrogens with one attached hydrogen (secondary N) is 1. The summed E-state index contributed by atoms with van der Waals surface area (Å²) >= 11 is 0. The summed E-state index contributed by atoms with van der Waals surface area (Å²) in [6, 6.07) is 15.4. The molecule has 6 nitrogen and oxygen atoms in total. The van der Waals surface area contributed by atoms with Crippen molar-refractivity contribution >= 4 is 22.3 Å². The van der Waals surface area contributed by atoms with Crippen molar-refractivity contribution in [2.75, 3.05) is 17.8 Å². The van der Waals surface area contributed by atoms with Gasteiger partial charge in [-0.3, -0.25) is 0 Å². The summed E-state index contributed by atoms with van der Waals surface area (Å²) < 4.78 is 43.4. The summed E-state index contributed by atoms with van der Waals surface area (Å²) in [6.07, 6.45) is 5.41. The van der Waals surface area contributed by atoms with E-state index in [2.05, 4.69) is 22.8 Å². The van der Waals surface area contributed by atoms with E-state index in [9.17, 15) is 13.2 Å². The van der Waals surface area contributed by atoms with Crippen molar-refractivity contribution in [3.8, 4) is 5.69 Å². The highest BCUT2D eigenvalue weighted by Gasteiger charge is 2.47. The summed E-state index contributed by atoms with van der Waals surface area (Å²) in [5.41, 5.74) is 4.50. The first-order valence-electron chi connectivity index (χ1n) is 10.2. The van der Waals surface area contributed by atoms with Gasteiger partial charge in [0, 0.05) is 5.41 Å². The van der Waals surface area contributed by atoms with Crippen LogP contribution >= 0.6 is 0 Å². The molecule has 31 heavy (non-hydrogen) atoms. The van der Waals surface area contributed by atoms with Crippen molar-refractivity contribution in [2.45, 2.75) is 19.8 Å². The van der Waals surface area contributed by atoms with E-state index in [-0.39, 0.29) is 11.2 Å². The molecule has 1 saturated heterocycles. The second kappa shape index (κ2) is 7.40. The minimum atomic E-state index is -3.39. The molecule has 0 saturated carbocycles. The molecule has 0 amide bonds. The van der Waals surface area contributed by atoms with E-state index >= 15 is 0 Å². The standard InChI is InChI=1S/C23H23FN4O2S/c1-23-14-17-15-25-28(21-9-7-19(24)8-10-21)22(17)13-18(23)11-12-27(16-23)31(29,30)26-20-5-3-2-4-6-20/h2-10,13,15H,11-12,14,16H2,1H3,(H-,26,29,30)/p+1/t23-/m1/s1. The van der Waals surface area contributed by atoms with E-state index in [0.29, 0.717) is 25.2 Å². The number of rotatable bonds is 4. The molecular formula is C23H24FN4O2S+. The molecule has 2 atom stereocenters. The van der Waals surface area contributed by atoms with Crippen molar-refractivity contribution in [2.24, 2.45) is 5.41 Å². The Bertz CT molecular complexity index is 1190. The fourth-order valence-corrected chi connectivity index (χ4v) is 5.89. The third-order valence-corrected chi connectivity index (χ3v) is 7.67. The zero-order valence-electron chi connectivity index (χ0n) is 17.2. The number of halogens is 1. The van der Waals surface area contributed by atoms with Gasteiger partial charge in [0.15, 0.2) is 0 Å². The first kappa shape index (κ1) is 20.1. The van der Waals surface area contributed by atoms with E-state index in [1.165, 1.54) is 17.7 Å². The van der Waals surface area contributed by atoms with Gasteiger partial charge in [0.25, 0.3) is 0 Å². The molecule has 2 N–H and O–H groups in total. The molecule has 2 aromatic carbocycles. The number of nitrogens with zero attached hydrogens (tertiary/aromatic N) is 3. The maximum Gasteiger partial charge on any atom is 0.396 e. The van der Waals surface area contributed by atoms with Crippen LogP contribution in [0.4, 0.5) is 10.1 Å². The zero-order valence-corrected chi connectivity index (χ0v) is 18.0. The molecule has 0 spiro atoms. The van der Waals surface area contributed by atoms with Crippen molar-refractivity contribution in [3.63, 3.8) is 0 Å². The Morgan fingerprint density at radius 1 is 1.16 bits per heavy atom. The molecule has 1 aromatic heterocycles. The summed E-state index contributed by atoms with van der Waals surface area (Å²) in [5, 5.41) is 4.53. The number of fused-ring (bicyclic) bond motifs is 2. The molecule has 0 radical (unpaired) electrons. The van der Waals surface area contributed by atoms with Crippen molar-refractivity contribution < 1.29 is 13.2 Å². The van der Waals surface area contributed by atoms with Crippen molar-refractivity contribution in [3.05, 3.63) is 83.4 Å². The van der Waals surface area contributed by atoms with Gasteiger partial charge in [0.2, 0.25) is 0 Å². The second-order valence-electron chi connectivity index (χ2n) is 8.43. The highest BCUT2D eigenvalue weighted by atomic mass is 32.3. The molecule has 1 aliphatic carbocycles. The number of piperidine rings is 1. The van der Waals surface area contributed by atoms with Gasteiger partial charge < -0.3 is 0 Å². The number of anilines is 1. The Morgan fingerprint density at radius 2 is 1.90 bits per heavy atom. The van der Waals surface area contributed by atoms with E-state index in [0.717, 1.165) is 23.4 Å². The van der Waals surface area contributed by atoms with Crippen molar-refractivity contribution in [1.29, 1.82) is 0 Å². The first-order valence-corrected chi connectivity index (χ1v) is 11.7. The fourth-order valence-electron chi connectivity index (χ4n) is 4.52. The largest absolute Gasteiger partial charge is 0.396 e. The topological polar surface area (TPSA) is 70.4 Å². The van der Waals surface area contributed by atoms with Gasteiger partial charge >= 0.3 is 10.6 Å². The number of para-hydroxylation sites is 1. The average molecular weight is 440 g/mol. The Morgan fingerprint density at radius 3 is 2.65 bits per heavy atom. The lowest BCUT2D eigenvalue weighted by Crippen LogP contribution is -2.52. The summed E-state index contributed by atoms with van der Waals surface area (Å²) in [4.78, 5) is 0.